The monoisotopic (exact) mass is 295 g/mol. The molecule has 0 aliphatic heterocycles. The Balaban J connectivity index is 2.06. The minimum Gasteiger partial charge on any atom is -0.364 e. The number of nitrogens with zero attached hydrogens (tertiary/aromatic N) is 1. The highest BCUT2D eigenvalue weighted by Crippen LogP contribution is 2.29. The van der Waals surface area contributed by atoms with Gasteiger partial charge in [-0.3, -0.25) is 0 Å². The average Bonchev–Trinajstić information content (AvgIpc) is 2.47. The lowest BCUT2D eigenvalue weighted by molar-refractivity contribution is -0.137. The minimum absolute atomic E-state index is 0.0685. The number of hydrogen-bond donors (Lipinski definition) is 2. The first-order valence-corrected chi connectivity index (χ1v) is 6.49. The van der Waals surface area contributed by atoms with Crippen molar-refractivity contribution in [2.45, 2.75) is 25.7 Å². The Morgan fingerprint density at radius 3 is 2.29 bits per heavy atom. The predicted molar refractivity (Wildman–Crippen MR) is 75.6 cm³/mol. The van der Waals surface area contributed by atoms with Crippen molar-refractivity contribution in [3.8, 4) is 0 Å². The van der Waals surface area contributed by atoms with Crippen molar-refractivity contribution < 1.29 is 13.2 Å². The van der Waals surface area contributed by atoms with Gasteiger partial charge >= 0.3 is 6.18 Å². The summed E-state index contributed by atoms with van der Waals surface area (Å²) >= 11 is 0. The largest absolute Gasteiger partial charge is 0.417 e. The smallest absolute Gasteiger partial charge is 0.364 e. The zero-order valence-electron chi connectivity index (χ0n) is 11.5. The van der Waals surface area contributed by atoms with Crippen molar-refractivity contribution in [2.24, 2.45) is 5.73 Å². The highest BCUT2D eigenvalue weighted by molar-refractivity contribution is 5.39. The normalized spacial score (nSPS) is 13.0. The highest BCUT2D eigenvalue weighted by atomic mass is 19.4. The lowest BCUT2D eigenvalue weighted by Gasteiger charge is -2.16. The fourth-order valence-corrected chi connectivity index (χ4v) is 1.89. The van der Waals surface area contributed by atoms with Gasteiger partial charge in [0.1, 0.15) is 5.82 Å². The third kappa shape index (κ3) is 3.95. The number of rotatable bonds is 4. The van der Waals surface area contributed by atoms with Crippen molar-refractivity contribution >= 4 is 5.82 Å². The topological polar surface area (TPSA) is 50.9 Å². The molecule has 3 nitrogen and oxygen atoms in total. The van der Waals surface area contributed by atoms with Gasteiger partial charge in [-0.25, -0.2) is 4.98 Å². The van der Waals surface area contributed by atoms with Gasteiger partial charge in [0.05, 0.1) is 5.56 Å². The lowest BCUT2D eigenvalue weighted by Crippen LogP contribution is -2.10. The van der Waals surface area contributed by atoms with Crippen molar-refractivity contribution in [1.29, 1.82) is 0 Å². The fraction of sp³-hybridized carbons (Fsp3) is 0.267. The summed E-state index contributed by atoms with van der Waals surface area (Å²) in [5.74, 6) is 0.401. The van der Waals surface area contributed by atoms with E-state index in [0.29, 0.717) is 12.4 Å². The standard InChI is InChI=1S/C15H16F3N3/c1-10(12-4-2-11(8-19)3-5-12)21-14-7-6-13(9-20-14)15(16,17)18/h2-7,9-10H,8,19H2,1H3,(H,20,21). The van der Waals surface area contributed by atoms with E-state index in [0.717, 1.165) is 23.4 Å². The maximum atomic E-state index is 12.4. The molecule has 21 heavy (non-hydrogen) atoms. The van der Waals surface area contributed by atoms with Crippen LogP contribution in [0.25, 0.3) is 0 Å². The number of pyridine rings is 1. The zero-order chi connectivity index (χ0) is 15.5. The molecule has 0 fully saturated rings. The predicted octanol–water partition coefficient (Wildman–Crippen LogP) is 3.73. The van der Waals surface area contributed by atoms with E-state index in [1.54, 1.807) is 0 Å². The molecule has 0 saturated carbocycles. The second-order valence-corrected chi connectivity index (χ2v) is 4.74. The summed E-state index contributed by atoms with van der Waals surface area (Å²) < 4.78 is 37.3. The van der Waals surface area contributed by atoms with Crippen LogP contribution >= 0.6 is 0 Å². The lowest BCUT2D eigenvalue weighted by atomic mass is 10.1. The van der Waals surface area contributed by atoms with Gasteiger partial charge in [-0.1, -0.05) is 24.3 Å². The Bertz CT molecular complexity index is 577. The molecule has 0 saturated heterocycles. The van der Waals surface area contributed by atoms with Crippen LogP contribution in [-0.2, 0) is 12.7 Å². The van der Waals surface area contributed by atoms with Crippen LogP contribution in [0.5, 0.6) is 0 Å². The van der Waals surface area contributed by atoms with E-state index < -0.39 is 11.7 Å². The van der Waals surface area contributed by atoms with Gasteiger partial charge in [-0.05, 0) is 30.2 Å². The molecule has 0 aliphatic rings. The summed E-state index contributed by atoms with van der Waals surface area (Å²) in [6.07, 6.45) is -3.54. The first kappa shape index (κ1) is 15.3. The van der Waals surface area contributed by atoms with Gasteiger partial charge in [-0.2, -0.15) is 13.2 Å². The van der Waals surface area contributed by atoms with Crippen LogP contribution < -0.4 is 11.1 Å². The molecule has 2 aromatic rings. The number of aromatic nitrogens is 1. The van der Waals surface area contributed by atoms with Gasteiger partial charge in [0.15, 0.2) is 0 Å². The number of hydrogen-bond acceptors (Lipinski definition) is 3. The van der Waals surface area contributed by atoms with Crippen LogP contribution in [0.2, 0.25) is 0 Å². The molecular weight excluding hydrogens is 279 g/mol. The first-order chi connectivity index (χ1) is 9.90. The van der Waals surface area contributed by atoms with Gasteiger partial charge in [0.2, 0.25) is 0 Å². The van der Waals surface area contributed by atoms with E-state index in [-0.39, 0.29) is 6.04 Å². The summed E-state index contributed by atoms with van der Waals surface area (Å²) in [6.45, 7) is 2.39. The Morgan fingerprint density at radius 2 is 1.81 bits per heavy atom. The van der Waals surface area contributed by atoms with E-state index >= 15 is 0 Å². The van der Waals surface area contributed by atoms with E-state index in [1.165, 1.54) is 6.07 Å². The molecule has 1 heterocycles. The van der Waals surface area contributed by atoms with E-state index in [9.17, 15) is 13.2 Å². The van der Waals surface area contributed by atoms with Crippen LogP contribution in [0.4, 0.5) is 19.0 Å². The van der Waals surface area contributed by atoms with Crippen LogP contribution in [0.15, 0.2) is 42.6 Å². The summed E-state index contributed by atoms with van der Waals surface area (Å²) in [4.78, 5) is 3.79. The molecule has 0 amide bonds. The molecule has 112 valence electrons. The molecule has 1 aromatic carbocycles. The Kier molecular flexibility index (Phi) is 4.47. The maximum Gasteiger partial charge on any atom is 0.417 e. The number of nitrogens with one attached hydrogen (secondary N) is 1. The first-order valence-electron chi connectivity index (χ1n) is 6.49. The quantitative estimate of drug-likeness (QED) is 0.903. The van der Waals surface area contributed by atoms with Gasteiger partial charge in [-0.15, -0.1) is 0 Å². The maximum absolute atomic E-state index is 12.4. The summed E-state index contributed by atoms with van der Waals surface area (Å²) in [7, 11) is 0. The molecule has 1 aromatic heterocycles. The Labute approximate surface area is 121 Å². The van der Waals surface area contributed by atoms with Gasteiger partial charge in [0, 0.05) is 18.8 Å². The molecule has 6 heteroatoms. The van der Waals surface area contributed by atoms with E-state index in [2.05, 4.69) is 10.3 Å². The van der Waals surface area contributed by atoms with Crippen molar-refractivity contribution in [3.63, 3.8) is 0 Å². The van der Waals surface area contributed by atoms with Crippen LogP contribution in [0, 0.1) is 0 Å². The molecule has 3 N–H and O–H groups in total. The Hall–Kier alpha value is -2.08. The van der Waals surface area contributed by atoms with Crippen LogP contribution in [0.1, 0.15) is 29.7 Å². The zero-order valence-corrected chi connectivity index (χ0v) is 11.5. The minimum atomic E-state index is -4.37. The van der Waals surface area contributed by atoms with Crippen LogP contribution in [-0.4, -0.2) is 4.98 Å². The number of alkyl halides is 3. The second-order valence-electron chi connectivity index (χ2n) is 4.74. The third-order valence-electron chi connectivity index (χ3n) is 3.17. The molecule has 1 atom stereocenters. The second kappa shape index (κ2) is 6.13. The van der Waals surface area contributed by atoms with Gasteiger partial charge < -0.3 is 11.1 Å². The fourth-order valence-electron chi connectivity index (χ4n) is 1.89. The molecule has 1 unspecified atom stereocenters. The van der Waals surface area contributed by atoms with Crippen molar-refractivity contribution in [3.05, 3.63) is 59.3 Å². The van der Waals surface area contributed by atoms with Crippen molar-refractivity contribution in [2.75, 3.05) is 5.32 Å². The molecule has 0 aliphatic carbocycles. The number of halogens is 3. The van der Waals surface area contributed by atoms with Crippen LogP contribution in [0.3, 0.4) is 0 Å². The molecule has 0 spiro atoms. The molecular formula is C15H16F3N3. The van der Waals surface area contributed by atoms with E-state index in [1.807, 2.05) is 31.2 Å². The average molecular weight is 295 g/mol. The highest BCUT2D eigenvalue weighted by Gasteiger charge is 2.30. The van der Waals surface area contributed by atoms with Gasteiger partial charge in [0.25, 0.3) is 0 Å². The number of nitrogens with two attached hydrogens (primary N) is 1. The number of anilines is 1. The summed E-state index contributed by atoms with van der Waals surface area (Å²) in [5, 5.41) is 3.06. The van der Waals surface area contributed by atoms with E-state index in [4.69, 9.17) is 5.73 Å². The Morgan fingerprint density at radius 1 is 1.14 bits per heavy atom. The molecule has 0 radical (unpaired) electrons. The van der Waals surface area contributed by atoms with Crippen molar-refractivity contribution in [1.82, 2.24) is 4.98 Å². The summed E-state index contributed by atoms with van der Waals surface area (Å²) in [5.41, 5.74) is 6.81. The molecule has 0 bridgehead atoms. The molecule has 2 rings (SSSR count). The third-order valence-corrected chi connectivity index (χ3v) is 3.17. The SMILES string of the molecule is CC(Nc1ccc(C(F)(F)F)cn1)c1ccc(CN)cc1. The number of benzene rings is 1. The summed E-state index contributed by atoms with van der Waals surface area (Å²) in [6, 6.07) is 9.99.